The van der Waals surface area contributed by atoms with E-state index in [1.807, 2.05) is 30.3 Å². The van der Waals surface area contributed by atoms with Crippen LogP contribution in [-0.4, -0.2) is 21.7 Å². The fourth-order valence-electron chi connectivity index (χ4n) is 1.26. The molecule has 0 aromatic carbocycles. The van der Waals surface area contributed by atoms with Crippen molar-refractivity contribution in [3.8, 4) is 0 Å². The molecule has 2 aromatic rings. The fourth-order valence-corrected chi connectivity index (χ4v) is 1.94. The van der Waals surface area contributed by atoms with Gasteiger partial charge < -0.3 is 4.74 Å². The first-order valence-electron chi connectivity index (χ1n) is 5.43. The maximum atomic E-state index is 11.5. The third kappa shape index (κ3) is 4.18. The highest BCUT2D eigenvalue weighted by molar-refractivity contribution is 8.00. The van der Waals surface area contributed by atoms with E-state index in [0.717, 1.165) is 10.6 Å². The van der Waals surface area contributed by atoms with E-state index in [2.05, 4.69) is 9.97 Å². The molecule has 0 bridgehead atoms. The maximum absolute atomic E-state index is 11.5. The van der Waals surface area contributed by atoms with Crippen molar-refractivity contribution in [3.05, 3.63) is 54.6 Å². The Bertz CT molecular complexity index is 445. The van der Waals surface area contributed by atoms with Crippen LogP contribution in [0.25, 0.3) is 0 Å². The van der Waals surface area contributed by atoms with Crippen molar-refractivity contribution in [2.45, 2.75) is 11.5 Å². The van der Waals surface area contributed by atoms with Crippen molar-refractivity contribution in [1.82, 2.24) is 9.97 Å². The summed E-state index contributed by atoms with van der Waals surface area (Å²) in [5, 5.41) is 0. The molecule has 0 aliphatic rings. The molecular formula is C13H12N2O2S. The Morgan fingerprint density at radius 1 is 1.17 bits per heavy atom. The van der Waals surface area contributed by atoms with Gasteiger partial charge in [0.2, 0.25) is 0 Å². The highest BCUT2D eigenvalue weighted by Crippen LogP contribution is 2.16. The Balaban J connectivity index is 1.73. The molecule has 0 aliphatic heterocycles. The lowest BCUT2D eigenvalue weighted by Crippen LogP contribution is -2.07. The van der Waals surface area contributed by atoms with Gasteiger partial charge in [-0.1, -0.05) is 6.07 Å². The van der Waals surface area contributed by atoms with Crippen LogP contribution >= 0.6 is 11.8 Å². The summed E-state index contributed by atoms with van der Waals surface area (Å²) in [7, 11) is 0. The van der Waals surface area contributed by atoms with E-state index < -0.39 is 0 Å². The van der Waals surface area contributed by atoms with Crippen LogP contribution in [0.1, 0.15) is 5.69 Å². The molecule has 2 heterocycles. The first-order valence-corrected chi connectivity index (χ1v) is 6.41. The average molecular weight is 260 g/mol. The highest BCUT2D eigenvalue weighted by Gasteiger charge is 2.04. The summed E-state index contributed by atoms with van der Waals surface area (Å²) < 4.78 is 5.11. The van der Waals surface area contributed by atoms with Gasteiger partial charge in [0.25, 0.3) is 0 Å². The van der Waals surface area contributed by atoms with Gasteiger partial charge >= 0.3 is 5.97 Å². The van der Waals surface area contributed by atoms with Crippen LogP contribution in [0.3, 0.4) is 0 Å². The van der Waals surface area contributed by atoms with Crippen LogP contribution in [0.5, 0.6) is 0 Å². The highest BCUT2D eigenvalue weighted by atomic mass is 32.2. The smallest absolute Gasteiger partial charge is 0.316 e. The molecule has 0 fully saturated rings. The second-order valence-electron chi connectivity index (χ2n) is 3.45. The molecule has 0 atom stereocenters. The summed E-state index contributed by atoms with van der Waals surface area (Å²) >= 11 is 1.43. The third-order valence-corrected chi connectivity index (χ3v) is 3.10. The van der Waals surface area contributed by atoms with Crippen LogP contribution < -0.4 is 0 Å². The molecule has 2 aromatic heterocycles. The van der Waals surface area contributed by atoms with Crippen LogP contribution in [0, 0.1) is 0 Å². The summed E-state index contributed by atoms with van der Waals surface area (Å²) in [5.41, 5.74) is 0.750. The van der Waals surface area contributed by atoms with Gasteiger partial charge in [0.05, 0.1) is 11.4 Å². The second-order valence-corrected chi connectivity index (χ2v) is 4.50. The van der Waals surface area contributed by atoms with E-state index >= 15 is 0 Å². The van der Waals surface area contributed by atoms with E-state index in [1.54, 1.807) is 18.6 Å². The van der Waals surface area contributed by atoms with Gasteiger partial charge in [-0.25, -0.2) is 0 Å². The number of carbonyl (C=O) groups is 1. The predicted molar refractivity (Wildman–Crippen MR) is 69.0 cm³/mol. The zero-order valence-electron chi connectivity index (χ0n) is 9.65. The molecule has 5 heteroatoms. The molecule has 0 unspecified atom stereocenters. The number of hydrogen-bond donors (Lipinski definition) is 0. The standard InChI is InChI=1S/C13H12N2O2S/c16-13(10-18-12-4-7-14-8-5-12)17-9-11-3-1-2-6-15-11/h1-8H,9-10H2. The molecule has 0 saturated carbocycles. The number of carbonyl (C=O) groups excluding carboxylic acids is 1. The third-order valence-electron chi connectivity index (χ3n) is 2.11. The first-order chi connectivity index (χ1) is 8.84. The van der Waals surface area contributed by atoms with Crippen LogP contribution in [0.15, 0.2) is 53.8 Å². The lowest BCUT2D eigenvalue weighted by Gasteiger charge is -2.04. The normalized spacial score (nSPS) is 10.0. The molecule has 0 spiro atoms. The number of rotatable bonds is 5. The molecular weight excluding hydrogens is 248 g/mol. The van der Waals surface area contributed by atoms with E-state index in [4.69, 9.17) is 4.74 Å². The van der Waals surface area contributed by atoms with E-state index in [-0.39, 0.29) is 18.3 Å². The number of pyridine rings is 2. The number of esters is 1. The number of nitrogens with zero attached hydrogens (tertiary/aromatic N) is 2. The molecule has 18 heavy (non-hydrogen) atoms. The van der Waals surface area contributed by atoms with Gasteiger partial charge in [0, 0.05) is 23.5 Å². The predicted octanol–water partition coefficient (Wildman–Crippen LogP) is 2.31. The number of hydrogen-bond acceptors (Lipinski definition) is 5. The largest absolute Gasteiger partial charge is 0.459 e. The van der Waals surface area contributed by atoms with Gasteiger partial charge in [-0.15, -0.1) is 11.8 Å². The number of ether oxygens (including phenoxy) is 1. The minimum atomic E-state index is -0.248. The minimum Gasteiger partial charge on any atom is -0.459 e. The minimum absolute atomic E-state index is 0.219. The van der Waals surface area contributed by atoms with Crippen LogP contribution in [0.2, 0.25) is 0 Å². The Morgan fingerprint density at radius 3 is 2.72 bits per heavy atom. The zero-order chi connectivity index (χ0) is 12.6. The van der Waals surface area contributed by atoms with Crippen molar-refractivity contribution < 1.29 is 9.53 Å². The van der Waals surface area contributed by atoms with Crippen molar-refractivity contribution in [1.29, 1.82) is 0 Å². The topological polar surface area (TPSA) is 52.1 Å². The summed E-state index contributed by atoms with van der Waals surface area (Å²) in [4.78, 5) is 20.5. The molecule has 0 radical (unpaired) electrons. The molecule has 2 rings (SSSR count). The monoisotopic (exact) mass is 260 g/mol. The summed E-state index contributed by atoms with van der Waals surface area (Å²) in [5.74, 6) is 0.0408. The summed E-state index contributed by atoms with van der Waals surface area (Å²) in [6, 6.07) is 9.23. The van der Waals surface area contributed by atoms with Crippen LogP contribution in [-0.2, 0) is 16.1 Å². The van der Waals surface area contributed by atoms with E-state index in [1.165, 1.54) is 11.8 Å². The lowest BCUT2D eigenvalue weighted by atomic mass is 10.4. The molecule has 0 N–H and O–H groups in total. The van der Waals surface area contributed by atoms with Crippen molar-refractivity contribution in [3.63, 3.8) is 0 Å². The first kappa shape index (κ1) is 12.6. The molecule has 0 aliphatic carbocycles. The van der Waals surface area contributed by atoms with Crippen LogP contribution in [0.4, 0.5) is 0 Å². The Labute approximate surface area is 109 Å². The average Bonchev–Trinajstić information content (AvgIpc) is 2.45. The quantitative estimate of drug-likeness (QED) is 0.610. The molecule has 0 amide bonds. The molecule has 4 nitrogen and oxygen atoms in total. The fraction of sp³-hybridized carbons (Fsp3) is 0.154. The zero-order valence-corrected chi connectivity index (χ0v) is 10.5. The summed E-state index contributed by atoms with van der Waals surface area (Å²) in [6.07, 6.45) is 5.07. The van der Waals surface area contributed by atoms with Crippen molar-refractivity contribution in [2.75, 3.05) is 5.75 Å². The number of thioether (sulfide) groups is 1. The Morgan fingerprint density at radius 2 is 2.00 bits per heavy atom. The Hall–Kier alpha value is -1.88. The van der Waals surface area contributed by atoms with E-state index in [0.29, 0.717) is 0 Å². The Kier molecular flexibility index (Phi) is 4.72. The van der Waals surface area contributed by atoms with E-state index in [9.17, 15) is 4.79 Å². The maximum Gasteiger partial charge on any atom is 0.316 e. The van der Waals surface area contributed by atoms with Gasteiger partial charge in [-0.3, -0.25) is 14.8 Å². The van der Waals surface area contributed by atoms with Gasteiger partial charge in [0.15, 0.2) is 0 Å². The van der Waals surface area contributed by atoms with Crippen molar-refractivity contribution >= 4 is 17.7 Å². The van der Waals surface area contributed by atoms with Gasteiger partial charge in [-0.05, 0) is 24.3 Å². The lowest BCUT2D eigenvalue weighted by molar-refractivity contribution is -0.141. The molecule has 92 valence electrons. The number of aromatic nitrogens is 2. The SMILES string of the molecule is O=C(CSc1ccncc1)OCc1ccccn1. The van der Waals surface area contributed by atoms with Crippen molar-refractivity contribution in [2.24, 2.45) is 0 Å². The second kappa shape index (κ2) is 6.76. The van der Waals surface area contributed by atoms with Gasteiger partial charge in [-0.2, -0.15) is 0 Å². The summed E-state index contributed by atoms with van der Waals surface area (Å²) in [6.45, 7) is 0.219. The molecule has 0 saturated heterocycles. The van der Waals surface area contributed by atoms with Gasteiger partial charge in [0.1, 0.15) is 6.61 Å².